The van der Waals surface area contributed by atoms with Gasteiger partial charge in [-0.25, -0.2) is 17.6 Å². The van der Waals surface area contributed by atoms with Crippen LogP contribution >= 0.6 is 0 Å². The second-order valence-corrected chi connectivity index (χ2v) is 10.8. The number of esters is 1. The predicted molar refractivity (Wildman–Crippen MR) is 135 cm³/mol. The highest BCUT2D eigenvalue weighted by Crippen LogP contribution is 2.40. The SMILES string of the molecule is O=C(OCc1ccccc1)C1(N(CCCO)S(=O)(=O)c2ccc(-c3ccc(F)cc3)cc2)CCCC1. The normalized spacial score (nSPS) is 15.2. The molecule has 8 heteroatoms. The van der Waals surface area contributed by atoms with Crippen LogP contribution in [0.15, 0.2) is 83.8 Å². The summed E-state index contributed by atoms with van der Waals surface area (Å²) in [4.78, 5) is 13.5. The van der Waals surface area contributed by atoms with E-state index >= 15 is 0 Å². The summed E-state index contributed by atoms with van der Waals surface area (Å²) in [6, 6.07) is 21.5. The first-order valence-electron chi connectivity index (χ1n) is 12.1. The van der Waals surface area contributed by atoms with Crippen LogP contribution in [0, 0.1) is 5.82 Å². The first kappa shape index (κ1) is 26.0. The van der Waals surface area contributed by atoms with E-state index in [1.807, 2.05) is 30.3 Å². The Kier molecular flexibility index (Phi) is 8.18. The van der Waals surface area contributed by atoms with Crippen LogP contribution in [0.4, 0.5) is 4.39 Å². The largest absolute Gasteiger partial charge is 0.459 e. The number of hydrogen-bond donors (Lipinski definition) is 1. The second kappa shape index (κ2) is 11.3. The number of sulfonamides is 1. The molecule has 1 aliphatic carbocycles. The Hall–Kier alpha value is -3.07. The minimum Gasteiger partial charge on any atom is -0.459 e. The fourth-order valence-electron chi connectivity index (χ4n) is 4.74. The number of nitrogens with zero attached hydrogens (tertiary/aromatic N) is 1. The van der Waals surface area contributed by atoms with Crippen molar-refractivity contribution >= 4 is 16.0 Å². The molecule has 190 valence electrons. The second-order valence-electron chi connectivity index (χ2n) is 8.99. The minimum absolute atomic E-state index is 0.00101. The molecule has 0 radical (unpaired) electrons. The highest BCUT2D eigenvalue weighted by atomic mass is 32.2. The average molecular weight is 512 g/mol. The molecule has 4 rings (SSSR count). The summed E-state index contributed by atoms with van der Waals surface area (Å²) in [5, 5.41) is 9.49. The van der Waals surface area contributed by atoms with Gasteiger partial charge in [-0.15, -0.1) is 0 Å². The number of aliphatic hydroxyl groups is 1. The average Bonchev–Trinajstić information content (AvgIpc) is 3.39. The van der Waals surface area contributed by atoms with Crippen LogP contribution in [0.2, 0.25) is 0 Å². The number of hydrogen-bond acceptors (Lipinski definition) is 5. The molecule has 0 aromatic heterocycles. The molecular weight excluding hydrogens is 481 g/mol. The lowest BCUT2D eigenvalue weighted by Crippen LogP contribution is -2.56. The third-order valence-electron chi connectivity index (χ3n) is 6.64. The number of carbonyl (C=O) groups excluding carboxylic acids is 1. The predicted octanol–water partition coefficient (Wildman–Crippen LogP) is 4.92. The molecule has 0 amide bonds. The van der Waals surface area contributed by atoms with E-state index in [-0.39, 0.29) is 36.9 Å². The molecule has 1 saturated carbocycles. The molecule has 3 aromatic rings. The van der Waals surface area contributed by atoms with Crippen LogP contribution in [0.5, 0.6) is 0 Å². The van der Waals surface area contributed by atoms with Gasteiger partial charge in [-0.05, 0) is 60.2 Å². The zero-order valence-electron chi connectivity index (χ0n) is 20.0. The third-order valence-corrected chi connectivity index (χ3v) is 8.62. The van der Waals surface area contributed by atoms with Crippen molar-refractivity contribution in [3.63, 3.8) is 0 Å². The van der Waals surface area contributed by atoms with Crippen molar-refractivity contribution in [2.45, 2.75) is 49.1 Å². The first-order chi connectivity index (χ1) is 17.4. The molecule has 0 heterocycles. The van der Waals surface area contributed by atoms with E-state index in [1.165, 1.54) is 28.6 Å². The maximum Gasteiger partial charge on any atom is 0.327 e. The van der Waals surface area contributed by atoms with Gasteiger partial charge in [0.1, 0.15) is 18.0 Å². The van der Waals surface area contributed by atoms with Crippen molar-refractivity contribution in [3.8, 4) is 11.1 Å². The van der Waals surface area contributed by atoms with Crippen LogP contribution < -0.4 is 0 Å². The summed E-state index contributed by atoms with van der Waals surface area (Å²) in [5.41, 5.74) is 1.00. The van der Waals surface area contributed by atoms with Crippen molar-refractivity contribution in [3.05, 3.63) is 90.2 Å². The molecule has 3 aromatic carbocycles. The van der Waals surface area contributed by atoms with E-state index < -0.39 is 21.5 Å². The van der Waals surface area contributed by atoms with E-state index in [4.69, 9.17) is 4.74 Å². The van der Waals surface area contributed by atoms with Gasteiger partial charge >= 0.3 is 5.97 Å². The molecule has 0 saturated heterocycles. The Morgan fingerprint density at radius 2 is 1.50 bits per heavy atom. The lowest BCUT2D eigenvalue weighted by Gasteiger charge is -2.38. The summed E-state index contributed by atoms with van der Waals surface area (Å²) >= 11 is 0. The molecule has 1 aliphatic rings. The maximum absolute atomic E-state index is 13.9. The van der Waals surface area contributed by atoms with Crippen LogP contribution in [-0.4, -0.2) is 42.5 Å². The molecule has 0 spiro atoms. The van der Waals surface area contributed by atoms with Gasteiger partial charge in [0.15, 0.2) is 0 Å². The fraction of sp³-hybridized carbons (Fsp3) is 0.321. The van der Waals surface area contributed by atoms with Gasteiger partial charge in [-0.1, -0.05) is 67.4 Å². The molecule has 1 fully saturated rings. The zero-order chi connectivity index (χ0) is 25.6. The zero-order valence-corrected chi connectivity index (χ0v) is 20.8. The summed E-state index contributed by atoms with van der Waals surface area (Å²) < 4.78 is 47.9. The van der Waals surface area contributed by atoms with Gasteiger partial charge < -0.3 is 9.84 Å². The molecule has 1 N–H and O–H groups in total. The first-order valence-corrected chi connectivity index (χ1v) is 13.5. The molecule has 0 unspecified atom stereocenters. The van der Waals surface area contributed by atoms with E-state index in [2.05, 4.69) is 0 Å². The molecule has 0 aliphatic heterocycles. The van der Waals surface area contributed by atoms with Gasteiger partial charge in [0.25, 0.3) is 0 Å². The Morgan fingerprint density at radius 3 is 2.08 bits per heavy atom. The summed E-state index contributed by atoms with van der Waals surface area (Å²) in [7, 11) is -4.09. The molecular formula is C28H30FNO5S. The highest BCUT2D eigenvalue weighted by Gasteiger charge is 2.52. The maximum atomic E-state index is 13.9. The Bertz CT molecular complexity index is 1260. The van der Waals surface area contributed by atoms with Crippen LogP contribution in [-0.2, 0) is 26.2 Å². The number of benzene rings is 3. The standard InChI is InChI=1S/C28H30FNO5S/c29-25-13-9-23(10-14-25)24-11-15-26(16-12-24)36(33,34)30(19-6-20-31)28(17-4-5-18-28)27(32)35-21-22-7-2-1-3-8-22/h1-3,7-16,31H,4-6,17-21H2. The summed E-state index contributed by atoms with van der Waals surface area (Å²) in [5.74, 6) is -0.910. The topological polar surface area (TPSA) is 83.9 Å². The minimum atomic E-state index is -4.09. The molecule has 36 heavy (non-hydrogen) atoms. The van der Waals surface area contributed by atoms with Crippen molar-refractivity contribution in [1.82, 2.24) is 4.31 Å². The van der Waals surface area contributed by atoms with E-state index in [1.54, 1.807) is 24.3 Å². The van der Waals surface area contributed by atoms with Gasteiger partial charge in [-0.2, -0.15) is 4.31 Å². The summed E-state index contributed by atoms with van der Waals surface area (Å²) in [6.07, 6.45) is 2.32. The fourth-order valence-corrected chi connectivity index (χ4v) is 6.56. The van der Waals surface area contributed by atoms with Crippen LogP contribution in [0.3, 0.4) is 0 Å². The number of ether oxygens (including phenoxy) is 1. The lowest BCUT2D eigenvalue weighted by molar-refractivity contribution is -0.156. The van der Waals surface area contributed by atoms with Gasteiger partial charge in [0.2, 0.25) is 10.0 Å². The van der Waals surface area contributed by atoms with Crippen LogP contribution in [0.25, 0.3) is 11.1 Å². The Labute approximate surface area is 211 Å². The van der Waals surface area contributed by atoms with Crippen molar-refractivity contribution < 1.29 is 27.4 Å². The lowest BCUT2D eigenvalue weighted by atomic mass is 9.97. The van der Waals surface area contributed by atoms with Gasteiger partial charge in [-0.3, -0.25) is 0 Å². The number of halogens is 1. The smallest absolute Gasteiger partial charge is 0.327 e. The Balaban J connectivity index is 1.63. The van der Waals surface area contributed by atoms with Crippen LogP contribution in [0.1, 0.15) is 37.7 Å². The molecule has 0 atom stereocenters. The Morgan fingerprint density at radius 1 is 0.917 bits per heavy atom. The van der Waals surface area contributed by atoms with Gasteiger partial charge in [0, 0.05) is 13.2 Å². The van der Waals surface area contributed by atoms with E-state index in [0.29, 0.717) is 25.7 Å². The van der Waals surface area contributed by atoms with E-state index in [9.17, 15) is 22.7 Å². The van der Waals surface area contributed by atoms with Crippen molar-refractivity contribution in [1.29, 1.82) is 0 Å². The quantitative estimate of drug-likeness (QED) is 0.391. The van der Waals surface area contributed by atoms with E-state index in [0.717, 1.165) is 16.7 Å². The molecule has 0 bridgehead atoms. The monoisotopic (exact) mass is 511 g/mol. The van der Waals surface area contributed by atoms with Crippen molar-refractivity contribution in [2.24, 2.45) is 0 Å². The van der Waals surface area contributed by atoms with Crippen molar-refractivity contribution in [2.75, 3.05) is 13.2 Å². The third kappa shape index (κ3) is 5.51. The number of carbonyl (C=O) groups is 1. The summed E-state index contributed by atoms with van der Waals surface area (Å²) in [6.45, 7) is -0.147. The van der Waals surface area contributed by atoms with Gasteiger partial charge in [0.05, 0.1) is 4.90 Å². The number of rotatable bonds is 10. The molecule has 6 nitrogen and oxygen atoms in total. The highest BCUT2D eigenvalue weighted by molar-refractivity contribution is 7.89. The number of aliphatic hydroxyl groups excluding tert-OH is 1.